The number of piperazine rings is 1. The van der Waals surface area contributed by atoms with E-state index in [2.05, 4.69) is 20.2 Å². The second-order valence-electron chi connectivity index (χ2n) is 4.28. The van der Waals surface area contributed by atoms with Crippen molar-refractivity contribution in [2.24, 2.45) is 0 Å². The SMILES string of the molecule is Nc1cncnc1N1CCN2C(=O)NCC2C1. The Labute approximate surface area is 98.6 Å². The number of nitrogen functional groups attached to an aromatic ring is 1. The van der Waals surface area contributed by atoms with Crippen LogP contribution in [0.2, 0.25) is 0 Å². The molecular weight excluding hydrogens is 220 g/mol. The molecule has 3 rings (SSSR count). The summed E-state index contributed by atoms with van der Waals surface area (Å²) in [7, 11) is 0. The summed E-state index contributed by atoms with van der Waals surface area (Å²) in [5, 5.41) is 2.84. The number of rotatable bonds is 1. The number of carbonyl (C=O) groups is 1. The van der Waals surface area contributed by atoms with Crippen LogP contribution in [0.1, 0.15) is 0 Å². The van der Waals surface area contributed by atoms with E-state index in [1.54, 1.807) is 6.20 Å². The smallest absolute Gasteiger partial charge is 0.317 e. The summed E-state index contributed by atoms with van der Waals surface area (Å²) in [5.41, 5.74) is 6.43. The normalized spacial score (nSPS) is 23.5. The van der Waals surface area contributed by atoms with Crippen molar-refractivity contribution >= 4 is 17.5 Å². The summed E-state index contributed by atoms with van der Waals surface area (Å²) in [6.07, 6.45) is 3.10. The van der Waals surface area contributed by atoms with E-state index < -0.39 is 0 Å². The molecule has 1 aromatic heterocycles. The van der Waals surface area contributed by atoms with Crippen LogP contribution in [0.25, 0.3) is 0 Å². The van der Waals surface area contributed by atoms with E-state index in [4.69, 9.17) is 5.73 Å². The van der Waals surface area contributed by atoms with Crippen molar-refractivity contribution in [1.82, 2.24) is 20.2 Å². The lowest BCUT2D eigenvalue weighted by Crippen LogP contribution is -2.52. The fraction of sp³-hybridized carbons (Fsp3) is 0.500. The molecule has 1 aromatic rings. The number of nitrogens with two attached hydrogens (primary N) is 1. The Kier molecular flexibility index (Phi) is 2.24. The van der Waals surface area contributed by atoms with Crippen LogP contribution in [0.15, 0.2) is 12.5 Å². The van der Waals surface area contributed by atoms with Crippen LogP contribution in [0.4, 0.5) is 16.3 Å². The molecule has 7 heteroatoms. The van der Waals surface area contributed by atoms with Gasteiger partial charge in [0, 0.05) is 26.2 Å². The zero-order valence-corrected chi connectivity index (χ0v) is 9.33. The van der Waals surface area contributed by atoms with Gasteiger partial charge in [-0.2, -0.15) is 0 Å². The monoisotopic (exact) mass is 234 g/mol. The molecule has 17 heavy (non-hydrogen) atoms. The molecule has 3 N–H and O–H groups in total. The zero-order valence-electron chi connectivity index (χ0n) is 9.33. The molecule has 0 bridgehead atoms. The van der Waals surface area contributed by atoms with Gasteiger partial charge in [0.05, 0.1) is 17.9 Å². The summed E-state index contributed by atoms with van der Waals surface area (Å²) in [4.78, 5) is 23.5. The maximum Gasteiger partial charge on any atom is 0.317 e. The predicted octanol–water partition coefficient (Wildman–Crippen LogP) is -0.727. The van der Waals surface area contributed by atoms with Crippen molar-refractivity contribution in [2.75, 3.05) is 36.8 Å². The van der Waals surface area contributed by atoms with E-state index in [9.17, 15) is 4.79 Å². The number of fused-ring (bicyclic) bond motifs is 1. The molecular formula is C10H14N6O. The van der Waals surface area contributed by atoms with E-state index in [0.29, 0.717) is 18.8 Å². The predicted molar refractivity (Wildman–Crippen MR) is 62.6 cm³/mol. The molecule has 2 amide bonds. The maximum absolute atomic E-state index is 11.5. The van der Waals surface area contributed by atoms with Crippen LogP contribution < -0.4 is 16.0 Å². The fourth-order valence-electron chi connectivity index (χ4n) is 2.39. The Hall–Kier alpha value is -2.05. The number of aromatic nitrogens is 2. The highest BCUT2D eigenvalue weighted by Crippen LogP contribution is 2.23. The molecule has 2 fully saturated rings. The van der Waals surface area contributed by atoms with Crippen LogP contribution in [-0.2, 0) is 0 Å². The van der Waals surface area contributed by atoms with Crippen molar-refractivity contribution in [1.29, 1.82) is 0 Å². The quantitative estimate of drug-likeness (QED) is 0.669. The fourth-order valence-corrected chi connectivity index (χ4v) is 2.39. The standard InChI is InChI=1S/C10H14N6O/c11-8-4-12-6-14-9(8)15-1-2-16-7(5-15)3-13-10(16)17/h4,6-7H,1-3,5,11H2,(H,13,17). The topological polar surface area (TPSA) is 87.4 Å². The van der Waals surface area contributed by atoms with Crippen molar-refractivity contribution in [3.63, 3.8) is 0 Å². The van der Waals surface area contributed by atoms with Crippen LogP contribution in [0.5, 0.6) is 0 Å². The number of nitrogens with one attached hydrogen (secondary N) is 1. The number of anilines is 2. The van der Waals surface area contributed by atoms with Crippen LogP contribution in [-0.4, -0.2) is 53.1 Å². The molecule has 7 nitrogen and oxygen atoms in total. The maximum atomic E-state index is 11.5. The molecule has 90 valence electrons. The zero-order chi connectivity index (χ0) is 11.8. The third kappa shape index (κ3) is 1.63. The Morgan fingerprint density at radius 2 is 2.35 bits per heavy atom. The third-order valence-corrected chi connectivity index (χ3v) is 3.25. The summed E-state index contributed by atoms with van der Waals surface area (Å²) in [6.45, 7) is 2.92. The number of urea groups is 1. The van der Waals surface area contributed by atoms with Gasteiger partial charge in [0.15, 0.2) is 5.82 Å². The largest absolute Gasteiger partial charge is 0.394 e. The molecule has 0 spiro atoms. The molecule has 0 aromatic carbocycles. The molecule has 1 unspecified atom stereocenters. The molecule has 0 radical (unpaired) electrons. The van der Waals surface area contributed by atoms with Crippen LogP contribution in [0.3, 0.4) is 0 Å². The molecule has 2 aliphatic rings. The molecule has 3 heterocycles. The van der Waals surface area contributed by atoms with Crippen molar-refractivity contribution in [3.05, 3.63) is 12.5 Å². The average molecular weight is 234 g/mol. The highest BCUT2D eigenvalue weighted by Gasteiger charge is 2.36. The van der Waals surface area contributed by atoms with Gasteiger partial charge in [0.2, 0.25) is 0 Å². The number of nitrogens with zero attached hydrogens (tertiary/aromatic N) is 4. The number of carbonyl (C=O) groups excluding carboxylic acids is 1. The second-order valence-corrected chi connectivity index (χ2v) is 4.28. The first kappa shape index (κ1) is 10.1. The Morgan fingerprint density at radius 3 is 3.18 bits per heavy atom. The lowest BCUT2D eigenvalue weighted by molar-refractivity contribution is 0.197. The van der Waals surface area contributed by atoms with Gasteiger partial charge in [-0.25, -0.2) is 14.8 Å². The molecule has 0 saturated carbocycles. The average Bonchev–Trinajstić information content (AvgIpc) is 2.71. The second kappa shape index (κ2) is 3.76. The van der Waals surface area contributed by atoms with Crippen LogP contribution >= 0.6 is 0 Å². The Balaban J connectivity index is 1.80. The summed E-state index contributed by atoms with van der Waals surface area (Å²) >= 11 is 0. The van der Waals surface area contributed by atoms with Gasteiger partial charge in [-0.05, 0) is 0 Å². The van der Waals surface area contributed by atoms with E-state index in [1.165, 1.54) is 6.33 Å². The first-order chi connectivity index (χ1) is 8.25. The molecule has 2 aliphatic heterocycles. The summed E-state index contributed by atoms with van der Waals surface area (Å²) in [5.74, 6) is 0.763. The lowest BCUT2D eigenvalue weighted by atomic mass is 10.2. The number of amides is 2. The minimum absolute atomic E-state index is 0.0327. The molecule has 2 saturated heterocycles. The summed E-state index contributed by atoms with van der Waals surface area (Å²) in [6, 6.07) is 0.246. The van der Waals surface area contributed by atoms with Gasteiger partial charge in [0.1, 0.15) is 6.33 Å². The third-order valence-electron chi connectivity index (χ3n) is 3.25. The molecule has 0 aliphatic carbocycles. The van der Waals surface area contributed by atoms with Crippen molar-refractivity contribution in [3.8, 4) is 0 Å². The highest BCUT2D eigenvalue weighted by molar-refractivity contribution is 5.77. The molecule has 1 atom stereocenters. The van der Waals surface area contributed by atoms with E-state index in [0.717, 1.165) is 18.9 Å². The van der Waals surface area contributed by atoms with Crippen molar-refractivity contribution in [2.45, 2.75) is 6.04 Å². The van der Waals surface area contributed by atoms with E-state index >= 15 is 0 Å². The first-order valence-corrected chi connectivity index (χ1v) is 5.60. The summed E-state index contributed by atoms with van der Waals surface area (Å²) < 4.78 is 0. The van der Waals surface area contributed by atoms with Crippen molar-refractivity contribution < 1.29 is 4.79 Å². The van der Waals surface area contributed by atoms with Gasteiger partial charge in [-0.15, -0.1) is 0 Å². The van der Waals surface area contributed by atoms with E-state index in [1.807, 2.05) is 4.90 Å². The minimum Gasteiger partial charge on any atom is -0.394 e. The Morgan fingerprint density at radius 1 is 1.47 bits per heavy atom. The van der Waals surface area contributed by atoms with Gasteiger partial charge < -0.3 is 20.9 Å². The minimum atomic E-state index is 0.0327. The number of hydrogen-bond acceptors (Lipinski definition) is 5. The van der Waals surface area contributed by atoms with E-state index in [-0.39, 0.29) is 12.1 Å². The van der Waals surface area contributed by atoms with Gasteiger partial charge in [-0.1, -0.05) is 0 Å². The highest BCUT2D eigenvalue weighted by atomic mass is 16.2. The van der Waals surface area contributed by atoms with Gasteiger partial charge >= 0.3 is 6.03 Å². The first-order valence-electron chi connectivity index (χ1n) is 5.60. The lowest BCUT2D eigenvalue weighted by Gasteiger charge is -2.37. The Bertz CT molecular complexity index is 450. The van der Waals surface area contributed by atoms with Gasteiger partial charge in [-0.3, -0.25) is 0 Å². The van der Waals surface area contributed by atoms with Crippen LogP contribution in [0, 0.1) is 0 Å². The number of hydrogen-bond donors (Lipinski definition) is 2. The van der Waals surface area contributed by atoms with Gasteiger partial charge in [0.25, 0.3) is 0 Å².